The first-order valence-electron chi connectivity index (χ1n) is 11.9. The number of para-hydroxylation sites is 1. The Morgan fingerprint density at radius 1 is 0.882 bits per heavy atom. The lowest BCUT2D eigenvalue weighted by atomic mass is 9.89. The van der Waals surface area contributed by atoms with Crippen LogP contribution in [0.15, 0.2) is 78.9 Å². The van der Waals surface area contributed by atoms with Crippen LogP contribution in [-0.4, -0.2) is 27.1 Å². The Morgan fingerprint density at radius 2 is 1.53 bits per heavy atom. The number of hydrogen-bond acceptors (Lipinski definition) is 3. The predicted molar refractivity (Wildman–Crippen MR) is 138 cm³/mol. The molecule has 3 aromatic carbocycles. The monoisotopic (exact) mass is 476 g/mol. The van der Waals surface area contributed by atoms with E-state index in [-0.39, 0.29) is 12.5 Å². The highest BCUT2D eigenvalue weighted by molar-refractivity contribution is 7.92. The van der Waals surface area contributed by atoms with Gasteiger partial charge in [0.2, 0.25) is 10.0 Å². The van der Waals surface area contributed by atoms with Crippen LogP contribution in [0, 0.1) is 5.92 Å². The van der Waals surface area contributed by atoms with Gasteiger partial charge in [0.05, 0.1) is 18.5 Å². The van der Waals surface area contributed by atoms with E-state index in [1.807, 2.05) is 66.7 Å². The largest absolute Gasteiger partial charge is 0.352 e. The second kappa shape index (κ2) is 10.9. The van der Waals surface area contributed by atoms with Gasteiger partial charge in [0, 0.05) is 17.7 Å². The highest BCUT2D eigenvalue weighted by atomic mass is 32.2. The summed E-state index contributed by atoms with van der Waals surface area (Å²) >= 11 is 0. The number of carbonyl (C=O) groups excluding carboxylic acids is 1. The van der Waals surface area contributed by atoms with Crippen LogP contribution in [-0.2, 0) is 16.6 Å². The van der Waals surface area contributed by atoms with Crippen molar-refractivity contribution in [3.63, 3.8) is 0 Å². The van der Waals surface area contributed by atoms with Crippen LogP contribution in [0.2, 0.25) is 0 Å². The molecule has 1 amide bonds. The highest BCUT2D eigenvalue weighted by Crippen LogP contribution is 2.33. The van der Waals surface area contributed by atoms with Gasteiger partial charge >= 0.3 is 0 Å². The van der Waals surface area contributed by atoms with Crippen molar-refractivity contribution in [3.8, 4) is 11.1 Å². The Balaban J connectivity index is 1.50. The molecular formula is C28H32N2O3S. The summed E-state index contributed by atoms with van der Waals surface area (Å²) in [6.07, 6.45) is 7.39. The molecule has 1 saturated carbocycles. The average molecular weight is 477 g/mol. The van der Waals surface area contributed by atoms with E-state index >= 15 is 0 Å². The number of carbonyl (C=O) groups is 1. The molecule has 1 aliphatic carbocycles. The van der Waals surface area contributed by atoms with Crippen molar-refractivity contribution in [1.29, 1.82) is 0 Å². The molecule has 0 aromatic heterocycles. The molecule has 0 bridgehead atoms. The van der Waals surface area contributed by atoms with E-state index in [2.05, 4.69) is 5.32 Å². The summed E-state index contributed by atoms with van der Waals surface area (Å²) in [5.74, 6) is 0.497. The van der Waals surface area contributed by atoms with Gasteiger partial charge in [-0.1, -0.05) is 79.9 Å². The van der Waals surface area contributed by atoms with Crippen LogP contribution >= 0.6 is 0 Å². The van der Waals surface area contributed by atoms with Crippen molar-refractivity contribution >= 4 is 21.6 Å². The number of nitrogens with zero attached hydrogens (tertiary/aromatic N) is 1. The molecule has 178 valence electrons. The molecule has 3 aromatic rings. The Bertz CT molecular complexity index is 1200. The Labute approximate surface area is 202 Å². The molecule has 5 nitrogen and oxygen atoms in total. The zero-order valence-corrected chi connectivity index (χ0v) is 20.4. The lowest BCUT2D eigenvalue weighted by molar-refractivity contribution is 0.0943. The fourth-order valence-corrected chi connectivity index (χ4v) is 5.49. The molecule has 0 heterocycles. The Morgan fingerprint density at radius 3 is 2.21 bits per heavy atom. The summed E-state index contributed by atoms with van der Waals surface area (Å²) < 4.78 is 27.0. The van der Waals surface area contributed by atoms with Crippen molar-refractivity contribution in [2.45, 2.75) is 38.6 Å². The van der Waals surface area contributed by atoms with E-state index in [0.29, 0.717) is 17.2 Å². The van der Waals surface area contributed by atoms with Crippen molar-refractivity contribution in [3.05, 3.63) is 90.0 Å². The van der Waals surface area contributed by atoms with Crippen LogP contribution in [0.25, 0.3) is 11.1 Å². The zero-order chi connectivity index (χ0) is 24.0. The molecule has 0 spiro atoms. The first-order valence-corrected chi connectivity index (χ1v) is 13.8. The smallest absolute Gasteiger partial charge is 0.251 e. The van der Waals surface area contributed by atoms with Gasteiger partial charge in [-0.3, -0.25) is 9.10 Å². The van der Waals surface area contributed by atoms with Crippen molar-refractivity contribution < 1.29 is 13.2 Å². The van der Waals surface area contributed by atoms with Gasteiger partial charge in [0.25, 0.3) is 5.91 Å². The summed E-state index contributed by atoms with van der Waals surface area (Å²) in [5, 5.41) is 3.06. The predicted octanol–water partition coefficient (Wildman–Crippen LogP) is 5.63. The number of rotatable bonds is 8. The van der Waals surface area contributed by atoms with Crippen molar-refractivity contribution in [2.24, 2.45) is 5.92 Å². The summed E-state index contributed by atoms with van der Waals surface area (Å²) in [7, 11) is -3.54. The van der Waals surface area contributed by atoms with Gasteiger partial charge in [-0.2, -0.15) is 0 Å². The molecule has 0 radical (unpaired) electrons. The fourth-order valence-electron chi connectivity index (χ4n) is 4.59. The lowest BCUT2D eigenvalue weighted by Gasteiger charge is -2.25. The third-order valence-corrected chi connectivity index (χ3v) is 7.60. The molecule has 4 rings (SSSR count). The van der Waals surface area contributed by atoms with E-state index < -0.39 is 10.0 Å². The molecule has 0 atom stereocenters. The normalized spacial score (nSPS) is 14.5. The maximum absolute atomic E-state index is 12.8. The number of anilines is 1. The number of benzene rings is 3. The summed E-state index contributed by atoms with van der Waals surface area (Å²) in [4.78, 5) is 12.6. The van der Waals surface area contributed by atoms with Gasteiger partial charge < -0.3 is 5.32 Å². The van der Waals surface area contributed by atoms with Crippen LogP contribution in [0.3, 0.4) is 0 Å². The number of nitrogens with one attached hydrogen (secondary N) is 1. The molecule has 0 aliphatic heterocycles. The maximum atomic E-state index is 12.8. The van der Waals surface area contributed by atoms with Crippen molar-refractivity contribution in [2.75, 3.05) is 17.1 Å². The summed E-state index contributed by atoms with van der Waals surface area (Å²) in [6, 6.07) is 24.5. The number of amides is 1. The first kappa shape index (κ1) is 24.0. The quantitative estimate of drug-likeness (QED) is 0.458. The van der Waals surface area contributed by atoms with E-state index in [1.54, 1.807) is 12.1 Å². The average Bonchev–Trinajstić information content (AvgIpc) is 2.87. The van der Waals surface area contributed by atoms with Gasteiger partial charge in [-0.15, -0.1) is 0 Å². The Hall–Kier alpha value is -3.12. The third kappa shape index (κ3) is 6.06. The molecule has 6 heteroatoms. The minimum Gasteiger partial charge on any atom is -0.352 e. The minimum absolute atomic E-state index is 0.0773. The first-order chi connectivity index (χ1) is 16.4. The minimum atomic E-state index is -3.54. The molecular weight excluding hydrogens is 444 g/mol. The number of hydrogen-bond donors (Lipinski definition) is 1. The van der Waals surface area contributed by atoms with Crippen LogP contribution in [0.4, 0.5) is 5.69 Å². The molecule has 34 heavy (non-hydrogen) atoms. The standard InChI is InChI=1S/C28H32N2O3S/c1-34(32,33)30(27-15-9-8-14-26(27)24-12-6-3-7-13-24)21-23-16-18-25(19-17-23)28(31)29-20-22-10-4-2-5-11-22/h3,6-9,12-19,22H,2,4-5,10-11,20-21H2,1H3,(H,29,31). The second-order valence-corrected chi connectivity index (χ2v) is 11.0. The highest BCUT2D eigenvalue weighted by Gasteiger charge is 2.21. The summed E-state index contributed by atoms with van der Waals surface area (Å²) in [5.41, 5.74) is 3.85. The van der Waals surface area contributed by atoms with Crippen LogP contribution < -0.4 is 9.62 Å². The van der Waals surface area contributed by atoms with E-state index in [9.17, 15) is 13.2 Å². The van der Waals surface area contributed by atoms with Gasteiger partial charge in [-0.05, 0) is 48.1 Å². The van der Waals surface area contributed by atoms with Crippen LogP contribution in [0.1, 0.15) is 48.0 Å². The van der Waals surface area contributed by atoms with Crippen molar-refractivity contribution in [1.82, 2.24) is 5.32 Å². The number of sulfonamides is 1. The molecule has 1 fully saturated rings. The maximum Gasteiger partial charge on any atom is 0.251 e. The molecule has 1 aliphatic rings. The van der Waals surface area contributed by atoms with E-state index in [4.69, 9.17) is 0 Å². The SMILES string of the molecule is CS(=O)(=O)N(Cc1ccc(C(=O)NCC2CCCCC2)cc1)c1ccccc1-c1ccccc1. The van der Waals surface area contributed by atoms with E-state index in [1.165, 1.54) is 42.7 Å². The van der Waals surface area contributed by atoms with Crippen LogP contribution in [0.5, 0.6) is 0 Å². The topological polar surface area (TPSA) is 66.5 Å². The lowest BCUT2D eigenvalue weighted by Crippen LogP contribution is -2.30. The van der Waals surface area contributed by atoms with E-state index in [0.717, 1.165) is 23.2 Å². The zero-order valence-electron chi connectivity index (χ0n) is 19.6. The van der Waals surface area contributed by atoms with Gasteiger partial charge in [0.15, 0.2) is 0 Å². The second-order valence-electron chi connectivity index (χ2n) is 9.06. The molecule has 1 N–H and O–H groups in total. The van der Waals surface area contributed by atoms with Gasteiger partial charge in [-0.25, -0.2) is 8.42 Å². The summed E-state index contributed by atoms with van der Waals surface area (Å²) in [6.45, 7) is 0.908. The Kier molecular flexibility index (Phi) is 7.68. The molecule has 0 saturated heterocycles. The fraction of sp³-hybridized carbons (Fsp3) is 0.321. The van der Waals surface area contributed by atoms with Gasteiger partial charge in [0.1, 0.15) is 0 Å². The molecule has 0 unspecified atom stereocenters. The third-order valence-electron chi connectivity index (χ3n) is 6.48.